The van der Waals surface area contributed by atoms with Crippen molar-refractivity contribution in [1.29, 1.82) is 0 Å². The molecular weight excluding hydrogens is 269 g/mol. The lowest BCUT2D eigenvalue weighted by molar-refractivity contribution is 0.275. The maximum Gasteiger partial charge on any atom is 0.169 e. The number of nitrogens with two attached hydrogens (primary N) is 1. The number of phenols is 2. The average molecular weight is 280 g/mol. The molecule has 0 aliphatic rings. The van der Waals surface area contributed by atoms with E-state index in [-0.39, 0.29) is 28.8 Å². The lowest BCUT2D eigenvalue weighted by Gasteiger charge is -2.14. The summed E-state index contributed by atoms with van der Waals surface area (Å²) in [7, 11) is 0. The fourth-order valence-corrected chi connectivity index (χ4v) is 1.61. The minimum Gasteiger partial charge on any atom is -0.506 e. The Balaban J connectivity index is 3.19. The van der Waals surface area contributed by atoms with Crippen LogP contribution >= 0.6 is 15.9 Å². The van der Waals surface area contributed by atoms with Crippen molar-refractivity contribution in [2.45, 2.75) is 12.5 Å². The van der Waals surface area contributed by atoms with Crippen LogP contribution in [0.4, 0.5) is 4.39 Å². The van der Waals surface area contributed by atoms with Crippen LogP contribution in [0.15, 0.2) is 10.5 Å². The predicted molar refractivity (Wildman–Crippen MR) is 56.1 cm³/mol. The van der Waals surface area contributed by atoms with Gasteiger partial charge in [-0.1, -0.05) is 0 Å². The molecule has 1 atom stereocenters. The molecule has 5 N–H and O–H groups in total. The lowest BCUT2D eigenvalue weighted by atomic mass is 10.0. The molecule has 0 aliphatic heterocycles. The SMILES string of the molecule is NC(CCO)c1cc(F)c(O)c(Br)c1O. The van der Waals surface area contributed by atoms with Gasteiger partial charge in [-0.15, -0.1) is 0 Å². The van der Waals surface area contributed by atoms with Crippen molar-refractivity contribution in [2.75, 3.05) is 6.61 Å². The van der Waals surface area contributed by atoms with Gasteiger partial charge in [-0.2, -0.15) is 0 Å². The fourth-order valence-electron chi connectivity index (χ4n) is 1.19. The van der Waals surface area contributed by atoms with Crippen molar-refractivity contribution in [3.8, 4) is 11.5 Å². The first kappa shape index (κ1) is 12.2. The second-order valence-electron chi connectivity index (χ2n) is 3.08. The van der Waals surface area contributed by atoms with Crippen LogP contribution in [0.25, 0.3) is 0 Å². The number of rotatable bonds is 3. The van der Waals surface area contributed by atoms with Crippen LogP contribution < -0.4 is 5.73 Å². The minimum atomic E-state index is -0.872. The summed E-state index contributed by atoms with van der Waals surface area (Å²) in [5.41, 5.74) is 5.75. The standard InChI is InChI=1S/C9H11BrFNO3/c10-7-8(14)4(6(12)1-2-13)3-5(11)9(7)15/h3,6,13-15H,1-2,12H2. The van der Waals surface area contributed by atoms with E-state index < -0.39 is 17.6 Å². The van der Waals surface area contributed by atoms with Gasteiger partial charge in [0.1, 0.15) is 10.2 Å². The van der Waals surface area contributed by atoms with Crippen LogP contribution in [0.3, 0.4) is 0 Å². The first-order chi connectivity index (χ1) is 6.99. The van der Waals surface area contributed by atoms with Crippen molar-refractivity contribution in [2.24, 2.45) is 5.73 Å². The Hall–Kier alpha value is -0.850. The third-order valence-electron chi connectivity index (χ3n) is 2.04. The highest BCUT2D eigenvalue weighted by atomic mass is 79.9. The number of aliphatic hydroxyl groups is 1. The molecule has 84 valence electrons. The van der Waals surface area contributed by atoms with Gasteiger partial charge in [0.2, 0.25) is 0 Å². The van der Waals surface area contributed by atoms with Gasteiger partial charge in [0.25, 0.3) is 0 Å². The number of benzene rings is 1. The molecule has 0 saturated heterocycles. The van der Waals surface area contributed by atoms with Gasteiger partial charge in [-0.25, -0.2) is 4.39 Å². The van der Waals surface area contributed by atoms with Crippen molar-refractivity contribution >= 4 is 15.9 Å². The molecule has 1 aromatic carbocycles. The largest absolute Gasteiger partial charge is 0.506 e. The molecule has 0 aromatic heterocycles. The van der Waals surface area contributed by atoms with Crippen molar-refractivity contribution in [1.82, 2.24) is 0 Å². The summed E-state index contributed by atoms with van der Waals surface area (Å²) < 4.78 is 13.0. The molecule has 0 bridgehead atoms. The van der Waals surface area contributed by atoms with Crippen molar-refractivity contribution in [3.63, 3.8) is 0 Å². The first-order valence-corrected chi connectivity index (χ1v) is 5.04. The van der Waals surface area contributed by atoms with Gasteiger partial charge in [0, 0.05) is 18.2 Å². The molecule has 1 rings (SSSR count). The zero-order valence-electron chi connectivity index (χ0n) is 7.74. The number of aliphatic hydroxyl groups excluding tert-OH is 1. The number of phenolic OH excluding ortho intramolecular Hbond substituents is 2. The first-order valence-electron chi connectivity index (χ1n) is 4.25. The predicted octanol–water partition coefficient (Wildman–Crippen LogP) is 1.38. The highest BCUT2D eigenvalue weighted by molar-refractivity contribution is 9.10. The molecule has 1 aromatic rings. The molecule has 0 radical (unpaired) electrons. The zero-order chi connectivity index (χ0) is 11.6. The van der Waals surface area contributed by atoms with E-state index in [4.69, 9.17) is 15.9 Å². The zero-order valence-corrected chi connectivity index (χ0v) is 9.33. The summed E-state index contributed by atoms with van der Waals surface area (Å²) in [6.07, 6.45) is 0.199. The molecule has 1 unspecified atom stereocenters. The fraction of sp³-hybridized carbons (Fsp3) is 0.333. The molecule has 6 heteroatoms. The molecular formula is C9H11BrFNO3. The Kier molecular flexibility index (Phi) is 3.90. The highest BCUT2D eigenvalue weighted by Crippen LogP contribution is 2.40. The molecule has 0 saturated carbocycles. The average Bonchev–Trinajstić information content (AvgIpc) is 2.20. The van der Waals surface area contributed by atoms with Crippen LogP contribution in [0.2, 0.25) is 0 Å². The van der Waals surface area contributed by atoms with Gasteiger partial charge < -0.3 is 21.1 Å². The molecule has 0 amide bonds. The molecule has 0 fully saturated rings. The second kappa shape index (κ2) is 4.78. The van der Waals surface area contributed by atoms with E-state index in [2.05, 4.69) is 15.9 Å². The smallest absolute Gasteiger partial charge is 0.169 e. The summed E-state index contributed by atoms with van der Waals surface area (Å²) >= 11 is 2.84. The van der Waals surface area contributed by atoms with E-state index in [1.54, 1.807) is 0 Å². The Morgan fingerprint density at radius 1 is 1.40 bits per heavy atom. The Morgan fingerprint density at radius 3 is 2.53 bits per heavy atom. The normalized spacial score (nSPS) is 12.8. The molecule has 0 spiro atoms. The number of aromatic hydroxyl groups is 2. The van der Waals surface area contributed by atoms with Crippen LogP contribution in [0.5, 0.6) is 11.5 Å². The van der Waals surface area contributed by atoms with Gasteiger partial charge in [0.15, 0.2) is 11.6 Å². The van der Waals surface area contributed by atoms with Crippen LogP contribution in [-0.4, -0.2) is 21.9 Å². The van der Waals surface area contributed by atoms with Crippen molar-refractivity contribution in [3.05, 3.63) is 21.9 Å². The highest BCUT2D eigenvalue weighted by Gasteiger charge is 2.19. The molecule has 0 aliphatic carbocycles. The van der Waals surface area contributed by atoms with Gasteiger partial charge in [-0.3, -0.25) is 0 Å². The monoisotopic (exact) mass is 279 g/mol. The van der Waals surface area contributed by atoms with Crippen LogP contribution in [0, 0.1) is 5.82 Å². The summed E-state index contributed by atoms with van der Waals surface area (Å²) in [5, 5.41) is 27.4. The topological polar surface area (TPSA) is 86.7 Å². The van der Waals surface area contributed by atoms with Crippen LogP contribution in [-0.2, 0) is 0 Å². The summed E-state index contributed by atoms with van der Waals surface area (Å²) in [6.45, 7) is -0.166. The third-order valence-corrected chi connectivity index (χ3v) is 2.79. The maximum atomic E-state index is 13.1. The summed E-state index contributed by atoms with van der Waals surface area (Å²) in [5.74, 6) is -1.84. The van der Waals surface area contributed by atoms with E-state index in [1.807, 2.05) is 0 Å². The second-order valence-corrected chi connectivity index (χ2v) is 3.87. The Morgan fingerprint density at radius 2 is 2.00 bits per heavy atom. The van der Waals surface area contributed by atoms with E-state index in [0.29, 0.717) is 0 Å². The summed E-state index contributed by atoms with van der Waals surface area (Å²) in [4.78, 5) is 0. The van der Waals surface area contributed by atoms with E-state index >= 15 is 0 Å². The van der Waals surface area contributed by atoms with E-state index in [1.165, 1.54) is 0 Å². The third kappa shape index (κ3) is 2.39. The molecule has 4 nitrogen and oxygen atoms in total. The molecule has 15 heavy (non-hydrogen) atoms. The van der Waals surface area contributed by atoms with Crippen molar-refractivity contribution < 1.29 is 19.7 Å². The van der Waals surface area contributed by atoms with Gasteiger partial charge in [0.05, 0.1) is 0 Å². The summed E-state index contributed by atoms with van der Waals surface area (Å²) in [6, 6.07) is 0.275. The van der Waals surface area contributed by atoms with E-state index in [0.717, 1.165) is 6.07 Å². The number of halogens is 2. The Labute approximate surface area is 94.3 Å². The lowest BCUT2D eigenvalue weighted by Crippen LogP contribution is -2.12. The van der Waals surface area contributed by atoms with Gasteiger partial charge >= 0.3 is 0 Å². The van der Waals surface area contributed by atoms with E-state index in [9.17, 15) is 9.50 Å². The quantitative estimate of drug-likeness (QED) is 0.673. The number of hydrogen-bond donors (Lipinski definition) is 4. The van der Waals surface area contributed by atoms with Crippen LogP contribution in [0.1, 0.15) is 18.0 Å². The number of hydrogen-bond acceptors (Lipinski definition) is 4. The Bertz CT molecular complexity index is 373. The molecule has 0 heterocycles. The minimum absolute atomic E-state index is 0.133. The van der Waals surface area contributed by atoms with Gasteiger partial charge in [-0.05, 0) is 28.4 Å². The maximum absolute atomic E-state index is 13.1.